The van der Waals surface area contributed by atoms with Crippen LogP contribution in [0.3, 0.4) is 0 Å². The highest BCUT2D eigenvalue weighted by molar-refractivity contribution is 7.89. The van der Waals surface area contributed by atoms with Crippen LogP contribution in [0, 0.1) is 13.8 Å². The SMILES string of the molecule is CCNS(=O)(=O)CCNC(C)c1c(C)nc(C)[nH]c1=O. The van der Waals surface area contributed by atoms with Gasteiger partial charge in [0.1, 0.15) is 5.82 Å². The van der Waals surface area contributed by atoms with E-state index in [9.17, 15) is 13.2 Å². The van der Waals surface area contributed by atoms with Crippen LogP contribution < -0.4 is 15.6 Å². The molecular formula is C12H22N4O3S. The van der Waals surface area contributed by atoms with Crippen molar-refractivity contribution in [1.82, 2.24) is 20.0 Å². The molecule has 0 saturated heterocycles. The summed E-state index contributed by atoms with van der Waals surface area (Å²) < 4.78 is 25.4. The van der Waals surface area contributed by atoms with Gasteiger partial charge in [0.05, 0.1) is 11.3 Å². The molecule has 3 N–H and O–H groups in total. The number of hydrogen-bond donors (Lipinski definition) is 3. The molecule has 1 rings (SSSR count). The lowest BCUT2D eigenvalue weighted by molar-refractivity contribution is 0.559. The average Bonchev–Trinajstić information content (AvgIpc) is 2.26. The summed E-state index contributed by atoms with van der Waals surface area (Å²) >= 11 is 0. The van der Waals surface area contributed by atoms with E-state index in [-0.39, 0.29) is 23.9 Å². The summed E-state index contributed by atoms with van der Waals surface area (Å²) in [5.74, 6) is 0.541. The fourth-order valence-corrected chi connectivity index (χ4v) is 3.02. The molecule has 0 amide bonds. The van der Waals surface area contributed by atoms with Gasteiger partial charge >= 0.3 is 0 Å². The second kappa shape index (κ2) is 6.96. The summed E-state index contributed by atoms with van der Waals surface area (Å²) in [5.41, 5.74) is 1.00. The minimum Gasteiger partial charge on any atom is -0.310 e. The average molecular weight is 302 g/mol. The van der Waals surface area contributed by atoms with Gasteiger partial charge in [-0.05, 0) is 20.8 Å². The molecule has 0 aliphatic rings. The number of sulfonamides is 1. The van der Waals surface area contributed by atoms with E-state index in [0.717, 1.165) is 0 Å². The highest BCUT2D eigenvalue weighted by atomic mass is 32.2. The van der Waals surface area contributed by atoms with Crippen molar-refractivity contribution in [3.05, 3.63) is 27.4 Å². The summed E-state index contributed by atoms with van der Waals surface area (Å²) in [7, 11) is -3.25. The Labute approximate surface area is 119 Å². The first-order valence-corrected chi connectivity index (χ1v) is 8.20. The van der Waals surface area contributed by atoms with Gasteiger partial charge in [-0.1, -0.05) is 6.92 Å². The number of aromatic nitrogens is 2. The first-order chi connectivity index (χ1) is 9.26. The molecule has 1 aromatic heterocycles. The predicted octanol–water partition coefficient (Wildman–Crippen LogP) is -0.0234. The minimum absolute atomic E-state index is 0.0264. The van der Waals surface area contributed by atoms with Gasteiger partial charge in [0, 0.05) is 24.8 Å². The maximum Gasteiger partial charge on any atom is 0.255 e. The van der Waals surface area contributed by atoms with E-state index in [1.165, 1.54) is 0 Å². The van der Waals surface area contributed by atoms with Crippen molar-refractivity contribution in [2.45, 2.75) is 33.7 Å². The zero-order chi connectivity index (χ0) is 15.3. The molecule has 0 saturated carbocycles. The molecule has 20 heavy (non-hydrogen) atoms. The monoisotopic (exact) mass is 302 g/mol. The van der Waals surface area contributed by atoms with Crippen LogP contribution in [-0.4, -0.2) is 37.2 Å². The van der Waals surface area contributed by atoms with Crippen molar-refractivity contribution in [3.63, 3.8) is 0 Å². The van der Waals surface area contributed by atoms with Crippen molar-refractivity contribution in [1.29, 1.82) is 0 Å². The van der Waals surface area contributed by atoms with Gasteiger partial charge in [0.15, 0.2) is 0 Å². The fraction of sp³-hybridized carbons (Fsp3) is 0.667. The number of aryl methyl sites for hydroxylation is 2. The number of hydrogen-bond acceptors (Lipinski definition) is 5. The largest absolute Gasteiger partial charge is 0.310 e. The van der Waals surface area contributed by atoms with Gasteiger partial charge in [-0.2, -0.15) is 0 Å². The Bertz CT molecular complexity index is 610. The molecule has 1 aromatic rings. The molecule has 7 nitrogen and oxygen atoms in total. The van der Waals surface area contributed by atoms with Crippen molar-refractivity contribution < 1.29 is 8.42 Å². The first kappa shape index (κ1) is 16.8. The van der Waals surface area contributed by atoms with E-state index in [4.69, 9.17) is 0 Å². The molecular weight excluding hydrogens is 280 g/mol. The Morgan fingerprint density at radius 3 is 2.55 bits per heavy atom. The van der Waals surface area contributed by atoms with Crippen molar-refractivity contribution in [2.24, 2.45) is 0 Å². The van der Waals surface area contributed by atoms with Crippen molar-refractivity contribution in [3.8, 4) is 0 Å². The highest BCUT2D eigenvalue weighted by Crippen LogP contribution is 2.10. The van der Waals surface area contributed by atoms with Crippen LogP contribution in [0.4, 0.5) is 0 Å². The summed E-state index contributed by atoms with van der Waals surface area (Å²) in [4.78, 5) is 18.8. The van der Waals surface area contributed by atoms with Crippen molar-refractivity contribution in [2.75, 3.05) is 18.8 Å². The Morgan fingerprint density at radius 1 is 1.35 bits per heavy atom. The number of nitrogens with zero attached hydrogens (tertiary/aromatic N) is 1. The molecule has 0 fully saturated rings. The smallest absolute Gasteiger partial charge is 0.255 e. The standard InChI is InChI=1S/C12H22N4O3S/c1-5-14-20(18,19)7-6-13-8(2)11-9(3)15-10(4)16-12(11)17/h8,13-14H,5-7H2,1-4H3,(H,15,16,17). The van der Waals surface area contributed by atoms with Gasteiger partial charge < -0.3 is 10.3 Å². The second-order valence-corrected chi connectivity index (χ2v) is 6.57. The van der Waals surface area contributed by atoms with Gasteiger partial charge in [-0.25, -0.2) is 18.1 Å². The van der Waals surface area contributed by atoms with Gasteiger partial charge in [-0.15, -0.1) is 0 Å². The van der Waals surface area contributed by atoms with Crippen LogP contribution in [0.1, 0.15) is 37.0 Å². The third-order valence-corrected chi connectivity index (χ3v) is 4.35. The van der Waals surface area contributed by atoms with Crippen LogP contribution in [-0.2, 0) is 10.0 Å². The Balaban J connectivity index is 2.69. The number of H-pyrrole nitrogens is 1. The van der Waals surface area contributed by atoms with E-state index >= 15 is 0 Å². The lowest BCUT2D eigenvalue weighted by Gasteiger charge is -2.15. The van der Waals surface area contributed by atoms with Crippen LogP contribution in [0.2, 0.25) is 0 Å². The zero-order valence-electron chi connectivity index (χ0n) is 12.3. The molecule has 0 bridgehead atoms. The molecule has 1 atom stereocenters. The Hall–Kier alpha value is -1.25. The second-order valence-electron chi connectivity index (χ2n) is 4.64. The highest BCUT2D eigenvalue weighted by Gasteiger charge is 2.15. The molecule has 114 valence electrons. The molecule has 0 spiro atoms. The van der Waals surface area contributed by atoms with Gasteiger partial charge in [0.2, 0.25) is 10.0 Å². The van der Waals surface area contributed by atoms with Crippen molar-refractivity contribution >= 4 is 10.0 Å². The quantitative estimate of drug-likeness (QED) is 0.656. The van der Waals surface area contributed by atoms with E-state index in [0.29, 0.717) is 23.6 Å². The van der Waals surface area contributed by atoms with Crippen LogP contribution in [0.15, 0.2) is 4.79 Å². The van der Waals surface area contributed by atoms with Gasteiger partial charge in [-0.3, -0.25) is 4.79 Å². The van der Waals surface area contributed by atoms with E-state index in [1.54, 1.807) is 20.8 Å². The summed E-state index contributed by atoms with van der Waals surface area (Å²) in [6, 6.07) is -0.260. The van der Waals surface area contributed by atoms with Crippen LogP contribution in [0.5, 0.6) is 0 Å². The summed E-state index contributed by atoms with van der Waals surface area (Å²) in [6.07, 6.45) is 0. The Kier molecular flexibility index (Phi) is 5.85. The lowest BCUT2D eigenvalue weighted by Crippen LogP contribution is -2.34. The normalized spacial score (nSPS) is 13.4. The van der Waals surface area contributed by atoms with Crippen LogP contribution in [0.25, 0.3) is 0 Å². The lowest BCUT2D eigenvalue weighted by atomic mass is 10.1. The third-order valence-electron chi connectivity index (χ3n) is 2.88. The first-order valence-electron chi connectivity index (χ1n) is 6.55. The molecule has 0 aliphatic carbocycles. The number of rotatable bonds is 7. The topological polar surface area (TPSA) is 104 Å². The van der Waals surface area contributed by atoms with E-state index < -0.39 is 10.0 Å². The maximum absolute atomic E-state index is 11.9. The molecule has 0 aliphatic heterocycles. The molecule has 0 aromatic carbocycles. The third kappa shape index (κ3) is 4.69. The number of nitrogens with one attached hydrogen (secondary N) is 3. The van der Waals surface area contributed by atoms with E-state index in [1.807, 2.05) is 6.92 Å². The number of aromatic amines is 1. The van der Waals surface area contributed by atoms with Gasteiger partial charge in [0.25, 0.3) is 5.56 Å². The predicted molar refractivity (Wildman–Crippen MR) is 78.2 cm³/mol. The summed E-state index contributed by atoms with van der Waals surface area (Å²) in [6.45, 7) is 7.68. The van der Waals surface area contributed by atoms with Crippen LogP contribution >= 0.6 is 0 Å². The molecule has 1 unspecified atom stereocenters. The molecule has 0 radical (unpaired) electrons. The minimum atomic E-state index is -3.25. The Morgan fingerprint density at radius 2 is 2.00 bits per heavy atom. The maximum atomic E-state index is 11.9. The van der Waals surface area contributed by atoms with E-state index in [2.05, 4.69) is 20.0 Å². The summed E-state index contributed by atoms with van der Waals surface area (Å²) in [5, 5.41) is 3.04. The molecule has 1 heterocycles. The fourth-order valence-electron chi connectivity index (χ4n) is 2.05. The molecule has 8 heteroatoms. The zero-order valence-corrected chi connectivity index (χ0v) is 13.1.